The van der Waals surface area contributed by atoms with Crippen molar-refractivity contribution in [2.75, 3.05) is 0 Å². The molecule has 0 atom stereocenters. The lowest BCUT2D eigenvalue weighted by molar-refractivity contribution is 0.580. The number of hydrogen-bond donors (Lipinski definition) is 1. The van der Waals surface area contributed by atoms with E-state index in [1.165, 1.54) is 22.9 Å². The third-order valence-corrected chi connectivity index (χ3v) is 5.52. The molecule has 0 spiro atoms. The first kappa shape index (κ1) is 16.4. The van der Waals surface area contributed by atoms with Crippen LogP contribution in [0.1, 0.15) is 11.3 Å². The topological polar surface area (TPSA) is 64.0 Å². The summed E-state index contributed by atoms with van der Waals surface area (Å²) in [7, 11) is -2.24. The molecule has 0 aliphatic carbocycles. The van der Waals surface area contributed by atoms with Crippen LogP contribution < -0.4 is 4.72 Å². The van der Waals surface area contributed by atoms with E-state index in [4.69, 9.17) is 11.6 Å². The summed E-state index contributed by atoms with van der Waals surface area (Å²) in [5.74, 6) is -0.409. The van der Waals surface area contributed by atoms with Crippen molar-refractivity contribution in [3.05, 3.63) is 44.9 Å². The van der Waals surface area contributed by atoms with Gasteiger partial charge in [0.05, 0.1) is 10.2 Å². The molecular formula is C12H12BrClFN3O2S. The van der Waals surface area contributed by atoms with Crippen LogP contribution in [-0.2, 0) is 23.6 Å². The van der Waals surface area contributed by atoms with Crippen molar-refractivity contribution >= 4 is 37.6 Å². The first-order valence-corrected chi connectivity index (χ1v) is 8.50. The summed E-state index contributed by atoms with van der Waals surface area (Å²) in [4.78, 5) is -0.0483. The number of benzene rings is 1. The quantitative estimate of drug-likeness (QED) is 0.864. The zero-order valence-corrected chi connectivity index (χ0v) is 14.4. The Labute approximate surface area is 135 Å². The lowest BCUT2D eigenvalue weighted by Crippen LogP contribution is -2.24. The number of aryl methyl sites for hydroxylation is 2. The molecule has 5 nitrogen and oxygen atoms in total. The number of nitrogens with zero attached hydrogens (tertiary/aromatic N) is 2. The van der Waals surface area contributed by atoms with Gasteiger partial charge in [0.25, 0.3) is 0 Å². The number of sulfonamides is 1. The highest BCUT2D eigenvalue weighted by Gasteiger charge is 2.24. The van der Waals surface area contributed by atoms with Gasteiger partial charge in [-0.15, -0.1) is 0 Å². The molecule has 2 aromatic rings. The molecule has 1 N–H and O–H groups in total. The Kier molecular flexibility index (Phi) is 4.72. The van der Waals surface area contributed by atoms with Crippen molar-refractivity contribution < 1.29 is 12.8 Å². The fourth-order valence-corrected chi connectivity index (χ4v) is 4.01. The van der Waals surface area contributed by atoms with Gasteiger partial charge in [0, 0.05) is 13.6 Å². The zero-order chi connectivity index (χ0) is 15.8. The van der Waals surface area contributed by atoms with E-state index in [2.05, 4.69) is 25.8 Å². The molecule has 0 radical (unpaired) electrons. The van der Waals surface area contributed by atoms with Crippen LogP contribution in [0.5, 0.6) is 0 Å². The Morgan fingerprint density at radius 3 is 2.67 bits per heavy atom. The maximum absolute atomic E-state index is 13.1. The van der Waals surface area contributed by atoms with Gasteiger partial charge in [-0.3, -0.25) is 4.68 Å². The number of nitrogens with one attached hydrogen (secondary N) is 1. The van der Waals surface area contributed by atoms with Crippen LogP contribution >= 0.6 is 27.5 Å². The summed E-state index contributed by atoms with van der Waals surface area (Å²) < 4.78 is 41.7. The minimum atomic E-state index is -3.80. The summed E-state index contributed by atoms with van der Waals surface area (Å²) in [5.41, 5.74) is 0.930. The van der Waals surface area contributed by atoms with Gasteiger partial charge in [0.15, 0.2) is 0 Å². The van der Waals surface area contributed by atoms with E-state index in [1.807, 2.05) is 0 Å². The molecule has 1 heterocycles. The van der Waals surface area contributed by atoms with Crippen molar-refractivity contribution in [3.8, 4) is 0 Å². The van der Waals surface area contributed by atoms with Gasteiger partial charge >= 0.3 is 0 Å². The van der Waals surface area contributed by atoms with Crippen LogP contribution in [-0.4, -0.2) is 18.2 Å². The lowest BCUT2D eigenvalue weighted by Gasteiger charge is -2.07. The molecule has 0 saturated heterocycles. The third-order valence-electron chi connectivity index (χ3n) is 2.82. The Morgan fingerprint density at radius 2 is 2.14 bits per heavy atom. The van der Waals surface area contributed by atoms with Crippen molar-refractivity contribution in [1.29, 1.82) is 0 Å². The second-order valence-electron chi connectivity index (χ2n) is 4.40. The third kappa shape index (κ3) is 3.45. The van der Waals surface area contributed by atoms with Gasteiger partial charge in [-0.05, 0) is 40.5 Å². The first-order chi connectivity index (χ1) is 9.72. The SMILES string of the molecule is Cc1nn(C)c(Cl)c1S(=O)(=O)NCc1ccc(F)c(Br)c1. The predicted molar refractivity (Wildman–Crippen MR) is 81.1 cm³/mol. The average Bonchev–Trinajstić information content (AvgIpc) is 2.65. The minimum Gasteiger partial charge on any atom is -0.255 e. The van der Waals surface area contributed by atoms with Gasteiger partial charge < -0.3 is 0 Å². The smallest absolute Gasteiger partial charge is 0.245 e. The molecule has 9 heteroatoms. The van der Waals surface area contributed by atoms with Gasteiger partial charge in [0.1, 0.15) is 15.9 Å². The molecule has 1 aromatic heterocycles. The van der Waals surface area contributed by atoms with Crippen LogP contribution in [0.25, 0.3) is 0 Å². The monoisotopic (exact) mass is 395 g/mol. The molecule has 114 valence electrons. The first-order valence-electron chi connectivity index (χ1n) is 5.85. The van der Waals surface area contributed by atoms with Crippen LogP contribution in [0, 0.1) is 12.7 Å². The van der Waals surface area contributed by atoms with Crippen LogP contribution in [0.3, 0.4) is 0 Å². The van der Waals surface area contributed by atoms with Crippen molar-refractivity contribution in [3.63, 3.8) is 0 Å². The highest BCUT2D eigenvalue weighted by atomic mass is 79.9. The molecule has 0 aliphatic heterocycles. The average molecular weight is 397 g/mol. The standard InChI is InChI=1S/C12H12BrClFN3O2S/c1-7-11(12(14)18(2)17-7)21(19,20)16-6-8-3-4-10(15)9(13)5-8/h3-5,16H,6H2,1-2H3. The lowest BCUT2D eigenvalue weighted by atomic mass is 10.2. The summed E-state index contributed by atoms with van der Waals surface area (Å²) in [6.45, 7) is 1.58. The van der Waals surface area contributed by atoms with Crippen LogP contribution in [0.15, 0.2) is 27.6 Å². The van der Waals surface area contributed by atoms with E-state index in [-0.39, 0.29) is 21.1 Å². The maximum atomic E-state index is 13.1. The van der Waals surface area contributed by atoms with Gasteiger partial charge in [0.2, 0.25) is 10.0 Å². The molecule has 0 bridgehead atoms. The van der Waals surface area contributed by atoms with E-state index >= 15 is 0 Å². The van der Waals surface area contributed by atoms with E-state index < -0.39 is 15.8 Å². The molecule has 0 saturated carbocycles. The summed E-state index contributed by atoms with van der Waals surface area (Å²) >= 11 is 9.00. The number of aromatic nitrogens is 2. The van der Waals surface area contributed by atoms with Gasteiger partial charge in [-0.1, -0.05) is 17.7 Å². The number of halogens is 3. The van der Waals surface area contributed by atoms with Crippen molar-refractivity contribution in [2.45, 2.75) is 18.4 Å². The second kappa shape index (κ2) is 6.04. The molecule has 0 fully saturated rings. The Hall–Kier alpha value is -0.960. The highest BCUT2D eigenvalue weighted by Crippen LogP contribution is 2.24. The summed E-state index contributed by atoms with van der Waals surface area (Å²) in [6, 6.07) is 4.27. The molecule has 0 amide bonds. The zero-order valence-electron chi connectivity index (χ0n) is 11.2. The Bertz CT molecular complexity index is 792. The fraction of sp³-hybridized carbons (Fsp3) is 0.250. The number of rotatable bonds is 4. The Balaban J connectivity index is 2.24. The van der Waals surface area contributed by atoms with E-state index in [9.17, 15) is 12.8 Å². The highest BCUT2D eigenvalue weighted by molar-refractivity contribution is 9.10. The largest absolute Gasteiger partial charge is 0.255 e. The van der Waals surface area contributed by atoms with Gasteiger partial charge in [-0.25, -0.2) is 17.5 Å². The normalized spacial score (nSPS) is 11.9. The van der Waals surface area contributed by atoms with E-state index in [0.717, 1.165) is 0 Å². The predicted octanol–water partition coefficient (Wildman–Crippen LogP) is 2.76. The van der Waals surface area contributed by atoms with E-state index in [1.54, 1.807) is 14.0 Å². The minimum absolute atomic E-state index is 0.0197. The van der Waals surface area contributed by atoms with Crippen molar-refractivity contribution in [1.82, 2.24) is 14.5 Å². The van der Waals surface area contributed by atoms with Crippen LogP contribution in [0.2, 0.25) is 5.15 Å². The molecule has 1 aromatic carbocycles. The van der Waals surface area contributed by atoms with Crippen LogP contribution in [0.4, 0.5) is 4.39 Å². The second-order valence-corrected chi connectivity index (χ2v) is 7.32. The Morgan fingerprint density at radius 1 is 1.48 bits per heavy atom. The summed E-state index contributed by atoms with van der Waals surface area (Å²) in [5, 5.41) is 4.01. The molecule has 2 rings (SSSR count). The fourth-order valence-electron chi connectivity index (χ4n) is 1.82. The maximum Gasteiger partial charge on any atom is 0.245 e. The van der Waals surface area contributed by atoms with E-state index in [0.29, 0.717) is 11.3 Å². The molecule has 21 heavy (non-hydrogen) atoms. The summed E-state index contributed by atoms with van der Waals surface area (Å²) in [6.07, 6.45) is 0. The molecular weight excluding hydrogens is 385 g/mol. The number of hydrogen-bond acceptors (Lipinski definition) is 3. The van der Waals surface area contributed by atoms with Crippen molar-refractivity contribution in [2.24, 2.45) is 7.05 Å². The van der Waals surface area contributed by atoms with Gasteiger partial charge in [-0.2, -0.15) is 5.10 Å². The molecule has 0 aliphatic rings. The molecule has 0 unspecified atom stereocenters.